The highest BCUT2D eigenvalue weighted by Crippen LogP contribution is 2.32. The summed E-state index contributed by atoms with van der Waals surface area (Å²) in [4.78, 5) is 15.9. The number of amides is 1. The molecule has 0 aliphatic rings. The molecule has 5 rings (SSSR count). The van der Waals surface area contributed by atoms with Gasteiger partial charge in [0.05, 0.1) is 12.9 Å². The van der Waals surface area contributed by atoms with Crippen LogP contribution in [-0.2, 0) is 4.79 Å². The quantitative estimate of drug-likeness (QED) is 0.314. The predicted molar refractivity (Wildman–Crippen MR) is 131 cm³/mol. The molecule has 9 heteroatoms. The summed E-state index contributed by atoms with van der Waals surface area (Å²) in [5.74, 6) is 0.840. The van der Waals surface area contributed by atoms with E-state index in [1.54, 1.807) is 37.4 Å². The van der Waals surface area contributed by atoms with Gasteiger partial charge in [-0.3, -0.25) is 9.36 Å². The van der Waals surface area contributed by atoms with Gasteiger partial charge in [0.15, 0.2) is 11.0 Å². The van der Waals surface area contributed by atoms with Gasteiger partial charge in [0.2, 0.25) is 5.91 Å². The van der Waals surface area contributed by atoms with Crippen molar-refractivity contribution in [2.75, 3.05) is 18.2 Å². The maximum Gasteiger partial charge on any atom is 0.234 e. The van der Waals surface area contributed by atoms with Gasteiger partial charge in [0.1, 0.15) is 11.6 Å². The molecule has 7 nitrogen and oxygen atoms in total. The Morgan fingerprint density at radius 1 is 1.09 bits per heavy atom. The van der Waals surface area contributed by atoms with Crippen LogP contribution in [0.15, 0.2) is 84.1 Å². The number of aromatic nitrogens is 4. The zero-order chi connectivity index (χ0) is 23.5. The summed E-state index contributed by atoms with van der Waals surface area (Å²) >= 11 is 1.25. The Morgan fingerprint density at radius 3 is 2.74 bits per heavy atom. The number of nitrogens with zero attached hydrogens (tertiary/aromatic N) is 3. The van der Waals surface area contributed by atoms with E-state index in [1.807, 2.05) is 41.1 Å². The lowest BCUT2D eigenvalue weighted by Crippen LogP contribution is -2.14. The largest absolute Gasteiger partial charge is 0.497 e. The summed E-state index contributed by atoms with van der Waals surface area (Å²) in [5, 5.41) is 13.1. The van der Waals surface area contributed by atoms with Gasteiger partial charge in [0, 0.05) is 40.1 Å². The van der Waals surface area contributed by atoms with Crippen LogP contribution >= 0.6 is 11.8 Å². The fourth-order valence-electron chi connectivity index (χ4n) is 3.65. The molecule has 0 saturated heterocycles. The number of nitrogens with one attached hydrogen (secondary N) is 2. The zero-order valence-corrected chi connectivity index (χ0v) is 19.0. The van der Waals surface area contributed by atoms with Crippen LogP contribution in [0, 0.1) is 5.82 Å². The number of anilines is 1. The van der Waals surface area contributed by atoms with E-state index in [0.717, 1.165) is 16.5 Å². The number of halogens is 1. The zero-order valence-electron chi connectivity index (χ0n) is 18.2. The maximum absolute atomic E-state index is 13.6. The topological polar surface area (TPSA) is 84.8 Å². The van der Waals surface area contributed by atoms with Crippen LogP contribution in [0.2, 0.25) is 0 Å². The molecule has 0 bridgehead atoms. The molecule has 0 radical (unpaired) electrons. The standard InChI is InChI=1S/C25H20FN5O2S/c1-33-19-6-4-5-17(13-19)28-23(32)15-34-25-30-29-24(31(25)18-11-9-16(26)10-12-18)21-14-27-22-8-3-2-7-20(21)22/h2-14,27H,15H2,1H3,(H,28,32). The lowest BCUT2D eigenvalue weighted by atomic mass is 10.1. The van der Waals surface area contributed by atoms with E-state index in [-0.39, 0.29) is 17.5 Å². The Hall–Kier alpha value is -4.11. The Kier molecular flexibility index (Phi) is 6.01. The number of thioether (sulfide) groups is 1. The monoisotopic (exact) mass is 473 g/mol. The Balaban J connectivity index is 1.45. The van der Waals surface area contributed by atoms with Gasteiger partial charge < -0.3 is 15.0 Å². The number of methoxy groups -OCH3 is 1. The van der Waals surface area contributed by atoms with Gasteiger partial charge in [-0.2, -0.15) is 0 Å². The van der Waals surface area contributed by atoms with Crippen LogP contribution in [0.25, 0.3) is 28.0 Å². The van der Waals surface area contributed by atoms with E-state index in [2.05, 4.69) is 20.5 Å². The molecule has 0 spiro atoms. The number of H-pyrrole nitrogens is 1. The minimum atomic E-state index is -0.336. The number of carbonyl (C=O) groups excluding carboxylic acids is 1. The molecular weight excluding hydrogens is 453 g/mol. The third kappa shape index (κ3) is 4.38. The molecule has 0 atom stereocenters. The molecule has 5 aromatic rings. The van der Waals surface area contributed by atoms with E-state index in [1.165, 1.54) is 23.9 Å². The van der Waals surface area contributed by atoms with Crippen molar-refractivity contribution in [3.63, 3.8) is 0 Å². The second kappa shape index (κ2) is 9.40. The first-order valence-electron chi connectivity index (χ1n) is 10.5. The average Bonchev–Trinajstić information content (AvgIpc) is 3.47. The Bertz CT molecular complexity index is 1460. The number of hydrogen-bond acceptors (Lipinski definition) is 5. The molecule has 0 fully saturated rings. The highest BCUT2D eigenvalue weighted by molar-refractivity contribution is 7.99. The fraction of sp³-hybridized carbons (Fsp3) is 0.0800. The summed E-state index contributed by atoms with van der Waals surface area (Å²) in [7, 11) is 1.57. The number of fused-ring (bicyclic) bond motifs is 1. The summed E-state index contributed by atoms with van der Waals surface area (Å²) in [6.07, 6.45) is 1.87. The smallest absolute Gasteiger partial charge is 0.234 e. The van der Waals surface area contributed by atoms with Crippen LogP contribution in [0.3, 0.4) is 0 Å². The van der Waals surface area contributed by atoms with Gasteiger partial charge in [-0.25, -0.2) is 4.39 Å². The van der Waals surface area contributed by atoms with Crippen molar-refractivity contribution in [2.45, 2.75) is 5.16 Å². The molecule has 170 valence electrons. The van der Waals surface area contributed by atoms with Crippen LogP contribution in [0.4, 0.5) is 10.1 Å². The van der Waals surface area contributed by atoms with E-state index in [4.69, 9.17) is 4.74 Å². The molecule has 0 saturated carbocycles. The van der Waals surface area contributed by atoms with Gasteiger partial charge in [-0.15, -0.1) is 10.2 Å². The average molecular weight is 474 g/mol. The first-order valence-corrected chi connectivity index (χ1v) is 11.5. The molecule has 0 aliphatic heterocycles. The van der Waals surface area contributed by atoms with Crippen molar-refractivity contribution < 1.29 is 13.9 Å². The SMILES string of the molecule is COc1cccc(NC(=O)CSc2nnc(-c3c[nH]c4ccccc34)n2-c2ccc(F)cc2)c1. The van der Waals surface area contributed by atoms with Crippen molar-refractivity contribution in [3.8, 4) is 22.8 Å². The number of hydrogen-bond donors (Lipinski definition) is 2. The molecule has 0 unspecified atom stereocenters. The number of benzene rings is 3. The first kappa shape index (κ1) is 21.7. The highest BCUT2D eigenvalue weighted by Gasteiger charge is 2.20. The van der Waals surface area contributed by atoms with E-state index in [0.29, 0.717) is 28.1 Å². The third-order valence-corrected chi connectivity index (χ3v) is 6.16. The summed E-state index contributed by atoms with van der Waals surface area (Å²) in [6.45, 7) is 0. The van der Waals surface area contributed by atoms with Crippen LogP contribution in [0.5, 0.6) is 5.75 Å². The number of rotatable bonds is 7. The minimum absolute atomic E-state index is 0.115. The molecule has 1 amide bonds. The second-order valence-electron chi connectivity index (χ2n) is 7.43. The Labute approximate surface area is 199 Å². The fourth-order valence-corrected chi connectivity index (χ4v) is 4.40. The Morgan fingerprint density at radius 2 is 1.91 bits per heavy atom. The minimum Gasteiger partial charge on any atom is -0.497 e. The third-order valence-electron chi connectivity index (χ3n) is 5.23. The molecule has 3 aromatic carbocycles. The summed E-state index contributed by atoms with van der Waals surface area (Å²) in [5.41, 5.74) is 3.17. The molecule has 2 N–H and O–H groups in total. The number of aromatic amines is 1. The molecular formula is C25H20FN5O2S. The lowest BCUT2D eigenvalue weighted by Gasteiger charge is -2.10. The van der Waals surface area contributed by atoms with E-state index < -0.39 is 0 Å². The van der Waals surface area contributed by atoms with Crippen LogP contribution in [-0.4, -0.2) is 38.5 Å². The van der Waals surface area contributed by atoms with E-state index in [9.17, 15) is 9.18 Å². The normalized spacial score (nSPS) is 11.0. The number of ether oxygens (including phenoxy) is 1. The van der Waals surface area contributed by atoms with Crippen molar-refractivity contribution in [1.29, 1.82) is 0 Å². The molecule has 34 heavy (non-hydrogen) atoms. The van der Waals surface area contributed by atoms with Gasteiger partial charge in [-0.1, -0.05) is 36.0 Å². The number of carbonyl (C=O) groups is 1. The van der Waals surface area contributed by atoms with Crippen molar-refractivity contribution in [3.05, 3.63) is 84.8 Å². The van der Waals surface area contributed by atoms with Crippen molar-refractivity contribution >= 4 is 34.3 Å². The summed E-state index contributed by atoms with van der Waals surface area (Å²) < 4.78 is 20.6. The van der Waals surface area contributed by atoms with Crippen LogP contribution in [0.1, 0.15) is 0 Å². The maximum atomic E-state index is 13.6. The van der Waals surface area contributed by atoms with Crippen molar-refractivity contribution in [2.24, 2.45) is 0 Å². The van der Waals surface area contributed by atoms with Gasteiger partial charge in [-0.05, 0) is 42.5 Å². The van der Waals surface area contributed by atoms with Gasteiger partial charge in [0.25, 0.3) is 0 Å². The second-order valence-corrected chi connectivity index (χ2v) is 8.38. The van der Waals surface area contributed by atoms with Crippen LogP contribution < -0.4 is 10.1 Å². The lowest BCUT2D eigenvalue weighted by molar-refractivity contribution is -0.113. The first-order chi connectivity index (χ1) is 16.6. The van der Waals surface area contributed by atoms with Crippen molar-refractivity contribution in [1.82, 2.24) is 19.7 Å². The summed E-state index contributed by atoms with van der Waals surface area (Å²) in [6, 6.07) is 21.1. The van der Waals surface area contributed by atoms with Gasteiger partial charge >= 0.3 is 0 Å². The highest BCUT2D eigenvalue weighted by atomic mass is 32.2. The van der Waals surface area contributed by atoms with E-state index >= 15 is 0 Å². The molecule has 2 heterocycles. The number of para-hydroxylation sites is 1. The predicted octanol–water partition coefficient (Wildman–Crippen LogP) is 5.29. The molecule has 2 aromatic heterocycles. The molecule has 0 aliphatic carbocycles.